The van der Waals surface area contributed by atoms with Gasteiger partial charge in [0.2, 0.25) is 0 Å². The second-order valence-electron chi connectivity index (χ2n) is 20.1. The Bertz CT molecular complexity index is 1580. The maximum atomic E-state index is 14.0. The van der Waals surface area contributed by atoms with Gasteiger partial charge in [0.25, 0.3) is 0 Å². The van der Waals surface area contributed by atoms with Crippen LogP contribution in [0.1, 0.15) is 187 Å². The average Bonchev–Trinajstić information content (AvgIpc) is 3.02. The molecule has 15 nitrogen and oxygen atoms in total. The highest BCUT2D eigenvalue weighted by molar-refractivity contribution is 6.06. The van der Waals surface area contributed by atoms with Crippen molar-refractivity contribution in [3.8, 4) is 0 Å². The highest BCUT2D eigenvalue weighted by Crippen LogP contribution is 2.56. The molecule has 4 rings (SSSR count). The summed E-state index contributed by atoms with van der Waals surface area (Å²) in [7, 11) is 4.60. The largest absolute Gasteiger partial charge is 0.478 e. The Kier molecular flexibility index (Phi) is 11.6. The van der Waals surface area contributed by atoms with Gasteiger partial charge < -0.3 is 46.0 Å². The zero-order chi connectivity index (χ0) is 43.8. The molecule has 0 aliphatic carbocycles. The Morgan fingerprint density at radius 3 is 0.684 bits per heavy atom. The van der Waals surface area contributed by atoms with E-state index in [1.807, 2.05) is 83.1 Å². The van der Waals surface area contributed by atoms with Crippen molar-refractivity contribution in [2.75, 3.05) is 21.1 Å². The van der Waals surface area contributed by atoms with E-state index in [-0.39, 0.29) is 90.0 Å². The molecule has 3 saturated heterocycles. The van der Waals surface area contributed by atoms with E-state index < -0.39 is 68.9 Å². The molecule has 0 aromatic heterocycles. The van der Waals surface area contributed by atoms with E-state index in [9.17, 15) is 44.1 Å². The number of rotatable bonds is 6. The summed E-state index contributed by atoms with van der Waals surface area (Å²) in [5, 5.41) is 42.3. The second kappa shape index (κ2) is 14.7. The summed E-state index contributed by atoms with van der Waals surface area (Å²) < 4.78 is 0. The van der Waals surface area contributed by atoms with Crippen molar-refractivity contribution in [1.82, 2.24) is 30.7 Å². The van der Waals surface area contributed by atoms with Gasteiger partial charge in [-0.25, -0.2) is 28.8 Å². The van der Waals surface area contributed by atoms with Crippen molar-refractivity contribution in [1.29, 1.82) is 0 Å². The van der Waals surface area contributed by atoms with Gasteiger partial charge in [0, 0.05) is 54.4 Å². The number of carboxylic acids is 3. The molecular weight excluding hydrogens is 732 g/mol. The summed E-state index contributed by atoms with van der Waals surface area (Å²) >= 11 is 0. The smallest absolute Gasteiger partial charge is 0.336 e. The van der Waals surface area contributed by atoms with Gasteiger partial charge in [-0.2, -0.15) is 0 Å². The minimum absolute atomic E-state index is 0.0522. The third-order valence-electron chi connectivity index (χ3n) is 12.8. The predicted molar refractivity (Wildman–Crippen MR) is 217 cm³/mol. The fourth-order valence-electron chi connectivity index (χ4n) is 12.2. The number of hydrogen-bond acceptors (Lipinski definition) is 6. The van der Waals surface area contributed by atoms with Crippen LogP contribution in [-0.2, 0) is 0 Å². The third-order valence-corrected chi connectivity index (χ3v) is 12.8. The van der Waals surface area contributed by atoms with E-state index in [0.29, 0.717) is 0 Å². The third kappa shape index (κ3) is 7.74. The molecule has 0 spiro atoms. The first-order valence-corrected chi connectivity index (χ1v) is 19.8. The molecule has 6 amide bonds. The average molecular weight is 799 g/mol. The number of hydrogen-bond donors (Lipinski definition) is 6. The van der Waals surface area contributed by atoms with Crippen LogP contribution in [0.25, 0.3) is 0 Å². The van der Waals surface area contributed by atoms with Gasteiger partial charge in [-0.1, -0.05) is 0 Å². The van der Waals surface area contributed by atoms with Gasteiger partial charge in [0.05, 0.1) is 16.7 Å². The molecule has 1 aromatic carbocycles. The molecule has 6 N–H and O–H groups in total. The molecule has 3 fully saturated rings. The summed E-state index contributed by atoms with van der Waals surface area (Å²) in [6.07, 6.45) is 1.13. The highest BCUT2D eigenvalue weighted by atomic mass is 16.4. The summed E-state index contributed by atoms with van der Waals surface area (Å²) in [5.74, 6) is -6.52. The molecule has 0 unspecified atom stereocenters. The molecule has 318 valence electrons. The molecule has 3 aliphatic rings. The summed E-state index contributed by atoms with van der Waals surface area (Å²) in [4.78, 5) is 87.3. The van der Waals surface area contributed by atoms with Crippen molar-refractivity contribution >= 4 is 36.0 Å². The topological polar surface area (TPSA) is 209 Å². The number of aromatic carboxylic acids is 3. The van der Waals surface area contributed by atoms with Gasteiger partial charge >= 0.3 is 36.0 Å². The summed E-state index contributed by atoms with van der Waals surface area (Å²) in [6, 6.07) is -0.993. The fraction of sp³-hybridized carbons (Fsp3) is 0.714. The van der Waals surface area contributed by atoms with Crippen LogP contribution >= 0.6 is 0 Å². The Morgan fingerprint density at radius 2 is 0.561 bits per heavy atom. The van der Waals surface area contributed by atoms with E-state index in [0.717, 1.165) is 0 Å². The molecule has 57 heavy (non-hydrogen) atoms. The monoisotopic (exact) mass is 798 g/mol. The van der Waals surface area contributed by atoms with Crippen LogP contribution in [0.3, 0.4) is 0 Å². The number of likely N-dealkylation sites (tertiary alicyclic amines) is 3. The fourth-order valence-corrected chi connectivity index (χ4v) is 12.2. The maximum absolute atomic E-state index is 14.0. The van der Waals surface area contributed by atoms with E-state index in [2.05, 4.69) is 16.0 Å². The number of amides is 6. The lowest BCUT2D eigenvalue weighted by molar-refractivity contribution is -0.0000274. The van der Waals surface area contributed by atoms with Crippen LogP contribution in [0.5, 0.6) is 0 Å². The van der Waals surface area contributed by atoms with Crippen LogP contribution < -0.4 is 16.0 Å². The molecular formula is C42H66N6O9. The molecule has 3 heterocycles. The van der Waals surface area contributed by atoms with Crippen LogP contribution in [0.2, 0.25) is 0 Å². The number of piperidine rings is 3. The first-order valence-electron chi connectivity index (χ1n) is 19.8. The molecule has 15 heteroatoms. The molecule has 1 aromatic rings. The van der Waals surface area contributed by atoms with Crippen LogP contribution in [-0.4, -0.2) is 120 Å². The summed E-state index contributed by atoms with van der Waals surface area (Å²) in [5.41, 5.74) is -6.23. The number of benzene rings is 1. The summed E-state index contributed by atoms with van der Waals surface area (Å²) in [6.45, 7) is 22.4. The normalized spacial score (nSPS) is 22.7. The van der Waals surface area contributed by atoms with E-state index in [4.69, 9.17) is 0 Å². The first kappa shape index (κ1) is 45.1. The van der Waals surface area contributed by atoms with Gasteiger partial charge in [0.15, 0.2) is 0 Å². The number of urea groups is 3. The van der Waals surface area contributed by atoms with Gasteiger partial charge in [-0.3, -0.25) is 0 Å². The van der Waals surface area contributed by atoms with E-state index in [1.54, 1.807) is 14.7 Å². The lowest BCUT2D eigenvalue weighted by Gasteiger charge is -2.57. The Balaban J connectivity index is 2.24. The van der Waals surface area contributed by atoms with E-state index >= 15 is 0 Å². The van der Waals surface area contributed by atoms with Crippen molar-refractivity contribution in [2.24, 2.45) is 0 Å². The molecule has 3 aliphatic heterocycles. The Labute approximate surface area is 337 Å². The first-order chi connectivity index (χ1) is 25.8. The number of carbonyl (C=O) groups excluding carboxylic acids is 3. The Hall–Kier alpha value is -4.56. The lowest BCUT2D eigenvalue weighted by atomic mass is 9.62. The quantitative estimate of drug-likeness (QED) is 0.175. The number of nitrogens with zero attached hydrogens (tertiary/aromatic N) is 3. The van der Waals surface area contributed by atoms with Crippen molar-refractivity contribution in [3.05, 3.63) is 33.4 Å². The number of carboxylic acid groups (broad SMARTS) is 3. The second-order valence-corrected chi connectivity index (χ2v) is 20.1. The van der Waals surface area contributed by atoms with Crippen LogP contribution in [0.4, 0.5) is 14.4 Å². The van der Waals surface area contributed by atoms with Gasteiger partial charge in [-0.15, -0.1) is 0 Å². The van der Waals surface area contributed by atoms with Crippen molar-refractivity contribution in [3.63, 3.8) is 0 Å². The van der Waals surface area contributed by atoms with Crippen LogP contribution in [0.15, 0.2) is 0 Å². The molecule has 0 saturated carbocycles. The van der Waals surface area contributed by atoms with E-state index in [1.165, 1.54) is 21.1 Å². The highest BCUT2D eigenvalue weighted by Gasteiger charge is 2.55. The standard InChI is InChI=1S/C42H66N6O9/c1-37(2)16-22(17-38(3,4)46(37)34(55)43-13)25-28(31(49)50)26(23-18-39(5,6)47(35(56)44-14)40(7,8)19-23)30(33(53)54)27(29(25)32(51)52)24-20-41(9,10)48(36(57)45-15)42(11,12)21-24/h22-24H,16-21H2,1-15H3,(H,43,55)(H,44,56)(H,45,57)(H,49,50)(H,51,52)(H,53,54). The minimum atomic E-state index is -1.44. The molecule has 0 radical (unpaired) electrons. The number of carbonyl (C=O) groups is 6. The van der Waals surface area contributed by atoms with Crippen LogP contribution in [0, 0.1) is 0 Å². The Morgan fingerprint density at radius 1 is 0.404 bits per heavy atom. The van der Waals surface area contributed by atoms with Crippen molar-refractivity contribution in [2.45, 2.75) is 173 Å². The lowest BCUT2D eigenvalue weighted by Crippen LogP contribution is -2.65. The minimum Gasteiger partial charge on any atom is -0.478 e. The van der Waals surface area contributed by atoms with Gasteiger partial charge in [0.1, 0.15) is 0 Å². The maximum Gasteiger partial charge on any atom is 0.336 e. The van der Waals surface area contributed by atoms with Crippen molar-refractivity contribution < 1.29 is 44.1 Å². The zero-order valence-corrected chi connectivity index (χ0v) is 36.6. The zero-order valence-electron chi connectivity index (χ0n) is 36.6. The predicted octanol–water partition coefficient (Wildman–Crippen LogP) is 7.01. The molecule has 0 atom stereocenters. The molecule has 0 bridgehead atoms. The SMILES string of the molecule is CNC(=O)N1C(C)(C)CC(c2c(C(=O)O)c(C3CC(C)(C)N(C(=O)NC)C(C)(C)C3)c(C(=O)O)c(C3CC(C)(C)N(C(=O)NC)C(C)(C)C3)c2C(=O)O)CC1(C)C. The van der Waals surface area contributed by atoms with Gasteiger partial charge in [-0.05, 0) is 156 Å². The number of nitrogens with one attached hydrogen (secondary N) is 3.